The topological polar surface area (TPSA) is 38.3 Å². The molecule has 0 aliphatic heterocycles. The van der Waals surface area contributed by atoms with E-state index in [-0.39, 0.29) is 5.41 Å². The summed E-state index contributed by atoms with van der Waals surface area (Å²) in [6.07, 6.45) is 10.7. The summed E-state index contributed by atoms with van der Waals surface area (Å²) >= 11 is -2.77. The van der Waals surface area contributed by atoms with Gasteiger partial charge in [0.1, 0.15) is 0 Å². The number of amides is 1. The van der Waals surface area contributed by atoms with E-state index in [4.69, 9.17) is 4.43 Å². The molecule has 1 amide bonds. The summed E-state index contributed by atoms with van der Waals surface area (Å²) in [6.45, 7) is 18.0. The summed E-state index contributed by atoms with van der Waals surface area (Å²) in [5.74, 6) is 0.992. The van der Waals surface area contributed by atoms with Crippen LogP contribution in [0.25, 0.3) is 6.08 Å². The molecule has 1 aromatic rings. The number of hydrogen-bond donors (Lipinski definition) is 1. The Kier molecular flexibility index (Phi) is 13.3. The molecule has 0 spiro atoms. The van der Waals surface area contributed by atoms with Gasteiger partial charge < -0.3 is 0 Å². The third kappa shape index (κ3) is 9.24. The van der Waals surface area contributed by atoms with Crippen molar-refractivity contribution < 1.29 is 9.22 Å². The predicted octanol–water partition coefficient (Wildman–Crippen LogP) is 7.82. The second-order valence-corrected chi connectivity index (χ2v) is 26.0. The maximum atomic E-state index is 11.8. The molecule has 32 heavy (non-hydrogen) atoms. The molecule has 0 saturated heterocycles. The number of nitrogens with one attached hydrogen (secondary N) is 1. The van der Waals surface area contributed by atoms with Crippen molar-refractivity contribution in [3.05, 3.63) is 33.0 Å². The Morgan fingerprint density at radius 3 is 1.94 bits per heavy atom. The third-order valence-electron chi connectivity index (χ3n) is 6.35. The molecular formula is C27H49NO2SiSn. The number of benzene rings is 1. The Bertz CT molecular complexity index is 703. The first-order valence-corrected chi connectivity index (χ1v) is 23.1. The molecule has 1 N–H and O–H groups in total. The first kappa shape index (κ1) is 29.3. The van der Waals surface area contributed by atoms with Crippen molar-refractivity contribution >= 4 is 39.9 Å². The van der Waals surface area contributed by atoms with Crippen LogP contribution in [0.15, 0.2) is 21.9 Å². The van der Waals surface area contributed by atoms with E-state index in [1.54, 1.807) is 0 Å². The van der Waals surface area contributed by atoms with Gasteiger partial charge in [-0.05, 0) is 0 Å². The molecule has 5 heteroatoms. The van der Waals surface area contributed by atoms with Crippen LogP contribution in [0.1, 0.15) is 91.2 Å². The van der Waals surface area contributed by atoms with Crippen molar-refractivity contribution in [2.75, 3.05) is 0 Å². The van der Waals surface area contributed by atoms with E-state index in [9.17, 15) is 4.79 Å². The van der Waals surface area contributed by atoms with Gasteiger partial charge >= 0.3 is 205 Å². The van der Waals surface area contributed by atoms with Gasteiger partial charge in [-0.3, -0.25) is 0 Å². The number of unbranched alkanes of at least 4 members (excludes halogenated alkanes) is 3. The van der Waals surface area contributed by atoms with Crippen LogP contribution in [0.3, 0.4) is 0 Å². The average Bonchev–Trinajstić information content (AvgIpc) is 2.73. The van der Waals surface area contributed by atoms with E-state index in [1.165, 1.54) is 61.1 Å². The Morgan fingerprint density at radius 2 is 1.53 bits per heavy atom. The second-order valence-electron chi connectivity index (χ2n) is 10.6. The van der Waals surface area contributed by atoms with Gasteiger partial charge in [0.05, 0.1) is 0 Å². The molecule has 0 radical (unpaired) electrons. The molecule has 1 aromatic carbocycles. The van der Waals surface area contributed by atoms with E-state index < -0.39 is 27.4 Å². The fourth-order valence-corrected chi connectivity index (χ4v) is 20.7. The van der Waals surface area contributed by atoms with E-state index in [0.717, 1.165) is 17.7 Å². The van der Waals surface area contributed by atoms with Gasteiger partial charge in [-0.1, -0.05) is 0 Å². The van der Waals surface area contributed by atoms with Gasteiger partial charge in [-0.15, -0.1) is 0 Å². The molecule has 0 aliphatic rings. The standard InChI is InChI=1S/C15H22NO2Si.3C4H9.Sn/c1-15(2,3)13-7-6-12(8-9-16-11-17)14(10-13)18-19(4)5;3*1-3-4-2;/h6-8,10-11,19H,1-5H3,(H,16,17);3*1,3-4H2,2H3;. The number of carbonyl (C=O) groups excluding carboxylic acids is 1. The zero-order valence-corrected chi connectivity index (χ0v) is 26.2. The van der Waals surface area contributed by atoms with Crippen LogP contribution >= 0.6 is 0 Å². The van der Waals surface area contributed by atoms with Gasteiger partial charge in [0.25, 0.3) is 0 Å². The van der Waals surface area contributed by atoms with Crippen molar-refractivity contribution in [1.29, 1.82) is 0 Å². The summed E-state index contributed by atoms with van der Waals surface area (Å²) in [7, 11) is -1.26. The number of rotatable bonds is 15. The summed E-state index contributed by atoms with van der Waals surface area (Å²) in [5.41, 5.74) is 2.51. The normalized spacial score (nSPS) is 12.8. The molecule has 0 fully saturated rings. The predicted molar refractivity (Wildman–Crippen MR) is 147 cm³/mol. The van der Waals surface area contributed by atoms with Crippen LogP contribution in [0.4, 0.5) is 0 Å². The van der Waals surface area contributed by atoms with Gasteiger partial charge in [0.15, 0.2) is 0 Å². The fourth-order valence-electron chi connectivity index (χ4n) is 4.37. The molecule has 0 unspecified atom stereocenters. The Hall–Kier alpha value is -0.754. The fraction of sp³-hybridized carbons (Fsp3) is 0.667. The van der Waals surface area contributed by atoms with Crippen molar-refractivity contribution in [3.63, 3.8) is 0 Å². The SMILES string of the molecule is CCC[CH2][Sn]([CH2]CCC)([CH2]CCC)/[C](=C/c1ccc(C(C)(C)C)cc1O[SiH](C)C)NC=O. The van der Waals surface area contributed by atoms with E-state index in [2.05, 4.69) is 84.2 Å². The van der Waals surface area contributed by atoms with Crippen molar-refractivity contribution in [3.8, 4) is 5.75 Å². The van der Waals surface area contributed by atoms with E-state index >= 15 is 0 Å². The zero-order chi connectivity index (χ0) is 24.2. The molecule has 0 aromatic heterocycles. The molecule has 0 bridgehead atoms. The first-order valence-electron chi connectivity index (χ1n) is 12.9. The van der Waals surface area contributed by atoms with Crippen molar-refractivity contribution in [2.24, 2.45) is 0 Å². The summed E-state index contributed by atoms with van der Waals surface area (Å²) < 4.78 is 11.7. The summed E-state index contributed by atoms with van der Waals surface area (Å²) in [5, 5.41) is 3.25. The molecule has 0 aliphatic carbocycles. The van der Waals surface area contributed by atoms with Gasteiger partial charge in [0.2, 0.25) is 0 Å². The van der Waals surface area contributed by atoms with Crippen LogP contribution in [0.2, 0.25) is 26.4 Å². The maximum absolute atomic E-state index is 11.8. The van der Waals surface area contributed by atoms with Gasteiger partial charge in [-0.2, -0.15) is 0 Å². The van der Waals surface area contributed by atoms with Gasteiger partial charge in [0, 0.05) is 0 Å². The molecule has 1 rings (SSSR count). The molecule has 0 heterocycles. The molecule has 182 valence electrons. The van der Waals surface area contributed by atoms with Crippen LogP contribution < -0.4 is 9.74 Å². The first-order chi connectivity index (χ1) is 15.1. The minimum atomic E-state index is -2.77. The second kappa shape index (κ2) is 14.5. The monoisotopic (exact) mass is 567 g/mol. The van der Waals surface area contributed by atoms with Crippen LogP contribution in [-0.4, -0.2) is 33.8 Å². The molecule has 0 saturated carbocycles. The molecular weight excluding hydrogens is 517 g/mol. The molecule has 3 nitrogen and oxygen atoms in total. The van der Waals surface area contributed by atoms with Gasteiger partial charge in [-0.25, -0.2) is 0 Å². The Morgan fingerprint density at radius 1 is 1.00 bits per heavy atom. The minimum absolute atomic E-state index is 0.0785. The summed E-state index contributed by atoms with van der Waals surface area (Å²) in [4.78, 5) is 11.8. The van der Waals surface area contributed by atoms with Crippen LogP contribution in [0, 0.1) is 0 Å². The Balaban J connectivity index is 3.63. The van der Waals surface area contributed by atoms with E-state index in [0.29, 0.717) is 0 Å². The third-order valence-corrected chi connectivity index (χ3v) is 22.4. The number of carbonyl (C=O) groups is 1. The zero-order valence-electron chi connectivity index (χ0n) is 22.1. The number of hydrogen-bond acceptors (Lipinski definition) is 2. The van der Waals surface area contributed by atoms with Crippen LogP contribution in [0.5, 0.6) is 5.75 Å². The summed E-state index contributed by atoms with van der Waals surface area (Å²) in [6, 6.07) is 6.69. The quantitative estimate of drug-likeness (QED) is 0.174. The Labute approximate surface area is 204 Å². The van der Waals surface area contributed by atoms with Crippen molar-refractivity contribution in [1.82, 2.24) is 5.32 Å². The van der Waals surface area contributed by atoms with Crippen LogP contribution in [-0.2, 0) is 10.2 Å². The van der Waals surface area contributed by atoms with E-state index in [1.807, 2.05) is 0 Å². The van der Waals surface area contributed by atoms with Crippen molar-refractivity contribution in [2.45, 2.75) is 112 Å². The average molecular weight is 566 g/mol. The molecule has 0 atom stereocenters.